The molecule has 0 saturated heterocycles. The molecule has 1 atom stereocenters. The number of esters is 2. The highest BCUT2D eigenvalue weighted by molar-refractivity contribution is 5.69. The number of ether oxygens (including phenoxy) is 2. The zero-order valence-electron chi connectivity index (χ0n) is 45.2. The van der Waals surface area contributed by atoms with Gasteiger partial charge in [-0.2, -0.15) is 0 Å². The maximum atomic E-state index is 12.8. The van der Waals surface area contributed by atoms with Crippen LogP contribution in [0, 0.1) is 5.92 Å². The number of hydrogen-bond donors (Lipinski definition) is 1. The van der Waals surface area contributed by atoms with Crippen LogP contribution in [0.2, 0.25) is 0 Å². The average Bonchev–Trinajstić information content (AvgIpc) is 3.28. The number of nitrogens with zero attached hydrogens (tertiary/aromatic N) is 1. The summed E-state index contributed by atoms with van der Waals surface area (Å²) in [7, 11) is 0. The van der Waals surface area contributed by atoms with Crippen LogP contribution in [0.4, 0.5) is 0 Å². The molecule has 1 unspecified atom stereocenters. The molecule has 0 radical (unpaired) electrons. The molecule has 0 bridgehead atoms. The van der Waals surface area contributed by atoms with Gasteiger partial charge in [-0.1, -0.05) is 215 Å². The molecule has 1 N–H and O–H groups in total. The van der Waals surface area contributed by atoms with Crippen LogP contribution in [0.1, 0.15) is 331 Å². The smallest absolute Gasteiger partial charge is 0.306 e. The van der Waals surface area contributed by atoms with Gasteiger partial charge in [-0.3, -0.25) is 14.5 Å². The third-order valence-corrected chi connectivity index (χ3v) is 14.1. The summed E-state index contributed by atoms with van der Waals surface area (Å²) >= 11 is 0. The Morgan fingerprint density at radius 3 is 1.02 bits per heavy atom. The molecule has 0 aliphatic heterocycles. The number of aliphatic hydroxyl groups excluding tert-OH is 1. The zero-order valence-corrected chi connectivity index (χ0v) is 45.2. The summed E-state index contributed by atoms with van der Waals surface area (Å²) in [5.41, 5.74) is 0. The van der Waals surface area contributed by atoms with E-state index < -0.39 is 0 Å². The maximum absolute atomic E-state index is 12.8. The molecule has 6 heteroatoms. The van der Waals surface area contributed by atoms with Crippen molar-refractivity contribution in [3.05, 3.63) is 0 Å². The molecule has 0 amide bonds. The highest BCUT2D eigenvalue weighted by atomic mass is 16.5. The number of rotatable bonds is 52. The lowest BCUT2D eigenvalue weighted by Crippen LogP contribution is -2.44. The summed E-state index contributed by atoms with van der Waals surface area (Å²) in [4.78, 5) is 28.2. The number of carbonyl (C=O) groups excluding carboxylic acids is 2. The van der Waals surface area contributed by atoms with E-state index in [0.717, 1.165) is 77.2 Å². The van der Waals surface area contributed by atoms with E-state index in [1.54, 1.807) is 0 Å². The fourth-order valence-corrected chi connectivity index (χ4v) is 9.75. The van der Waals surface area contributed by atoms with Gasteiger partial charge < -0.3 is 14.6 Å². The van der Waals surface area contributed by atoms with Crippen LogP contribution in [0.3, 0.4) is 0 Å². The Bertz CT molecular complexity index is 906. The van der Waals surface area contributed by atoms with Crippen LogP contribution in [0.15, 0.2) is 0 Å². The lowest BCUT2D eigenvalue weighted by atomic mass is 9.97. The normalized spacial score (nSPS) is 12.4. The number of aliphatic hydroxyl groups is 1. The fourth-order valence-electron chi connectivity index (χ4n) is 9.75. The van der Waals surface area contributed by atoms with Crippen molar-refractivity contribution in [2.24, 2.45) is 5.92 Å². The Balaban J connectivity index is 5.04. The second-order valence-electron chi connectivity index (χ2n) is 21.1. The SMILES string of the molecule is CCCCCCCC(O)N(CCCC(C)C)C(CCCCCCCCC(=O)OC(CCCCCC)CCCCCC)CCCCCCCCC(=O)OC(CCCCCC)CCCCCC. The van der Waals surface area contributed by atoms with E-state index in [0.29, 0.717) is 24.8 Å². The van der Waals surface area contributed by atoms with Crippen molar-refractivity contribution in [2.45, 2.75) is 355 Å². The molecular weight excluding hydrogens is 803 g/mol. The second-order valence-corrected chi connectivity index (χ2v) is 21.1. The summed E-state index contributed by atoms with van der Waals surface area (Å²) in [5, 5.41) is 11.7. The fraction of sp³-hybridized carbons (Fsp3) is 0.966. The van der Waals surface area contributed by atoms with Gasteiger partial charge in [0.25, 0.3) is 0 Å². The molecule has 0 fully saturated rings. The minimum atomic E-state index is -0.340. The largest absolute Gasteiger partial charge is 0.462 e. The molecule has 0 saturated carbocycles. The Hall–Kier alpha value is -1.14. The lowest BCUT2D eigenvalue weighted by Gasteiger charge is -2.36. The van der Waals surface area contributed by atoms with Gasteiger partial charge in [0, 0.05) is 25.4 Å². The van der Waals surface area contributed by atoms with Crippen LogP contribution in [0.25, 0.3) is 0 Å². The maximum Gasteiger partial charge on any atom is 0.306 e. The van der Waals surface area contributed by atoms with Gasteiger partial charge in [0.1, 0.15) is 18.4 Å². The van der Waals surface area contributed by atoms with Crippen molar-refractivity contribution in [1.82, 2.24) is 4.90 Å². The zero-order chi connectivity index (χ0) is 47.9. The minimum Gasteiger partial charge on any atom is -0.462 e. The summed E-state index contributed by atoms with van der Waals surface area (Å²) in [5.74, 6) is 0.732. The first-order valence-corrected chi connectivity index (χ1v) is 29.5. The van der Waals surface area contributed by atoms with E-state index in [2.05, 4.69) is 53.4 Å². The van der Waals surface area contributed by atoms with Crippen molar-refractivity contribution in [3.63, 3.8) is 0 Å². The van der Waals surface area contributed by atoms with E-state index in [-0.39, 0.29) is 30.4 Å². The van der Waals surface area contributed by atoms with Crippen LogP contribution in [-0.2, 0) is 19.1 Å². The summed E-state index contributed by atoms with van der Waals surface area (Å²) < 4.78 is 12.1. The van der Waals surface area contributed by atoms with Gasteiger partial charge in [-0.15, -0.1) is 0 Å². The molecule has 0 spiro atoms. The third kappa shape index (κ3) is 42.7. The van der Waals surface area contributed by atoms with Gasteiger partial charge in [-0.05, 0) is 109 Å². The molecule has 0 heterocycles. The van der Waals surface area contributed by atoms with Gasteiger partial charge in [0.2, 0.25) is 0 Å². The number of hydrogen-bond acceptors (Lipinski definition) is 6. The van der Waals surface area contributed by atoms with Gasteiger partial charge in [0.05, 0.1) is 0 Å². The lowest BCUT2D eigenvalue weighted by molar-refractivity contribution is -0.151. The molecule has 0 aromatic rings. The number of carbonyl (C=O) groups is 2. The monoisotopic (exact) mass is 920 g/mol. The Morgan fingerprint density at radius 2 is 0.662 bits per heavy atom. The molecule has 0 aromatic carbocycles. The van der Waals surface area contributed by atoms with E-state index in [4.69, 9.17) is 9.47 Å². The highest BCUT2D eigenvalue weighted by Crippen LogP contribution is 2.25. The minimum absolute atomic E-state index is 0.0234. The molecule has 6 nitrogen and oxygen atoms in total. The first-order chi connectivity index (χ1) is 31.7. The predicted octanol–water partition coefficient (Wildman–Crippen LogP) is 18.7. The third-order valence-electron chi connectivity index (χ3n) is 14.1. The molecule has 0 aromatic heterocycles. The second kappa shape index (κ2) is 49.3. The predicted molar refractivity (Wildman–Crippen MR) is 283 cm³/mol. The van der Waals surface area contributed by atoms with Crippen molar-refractivity contribution in [2.75, 3.05) is 6.54 Å². The summed E-state index contributed by atoms with van der Waals surface area (Å²) in [6, 6.07) is 0.436. The Labute approximate surface area is 407 Å². The molecule has 65 heavy (non-hydrogen) atoms. The van der Waals surface area contributed by atoms with E-state index in [1.165, 1.54) is 199 Å². The van der Waals surface area contributed by atoms with Gasteiger partial charge >= 0.3 is 11.9 Å². The van der Waals surface area contributed by atoms with Crippen LogP contribution in [0.5, 0.6) is 0 Å². The highest BCUT2D eigenvalue weighted by Gasteiger charge is 2.24. The van der Waals surface area contributed by atoms with E-state index in [1.807, 2.05) is 0 Å². The van der Waals surface area contributed by atoms with Crippen LogP contribution in [-0.4, -0.2) is 53.0 Å². The molecule has 0 aliphatic carbocycles. The Morgan fingerprint density at radius 1 is 0.369 bits per heavy atom. The molecule has 0 aliphatic rings. The summed E-state index contributed by atoms with van der Waals surface area (Å²) in [6.07, 6.45) is 50.4. The van der Waals surface area contributed by atoms with Crippen molar-refractivity contribution >= 4 is 11.9 Å². The first-order valence-electron chi connectivity index (χ1n) is 29.5. The average molecular weight is 921 g/mol. The topological polar surface area (TPSA) is 76.1 Å². The number of unbranched alkanes of at least 4 members (excludes halogenated alkanes) is 26. The quantitative estimate of drug-likeness (QED) is 0.0372. The Kier molecular flexibility index (Phi) is 48.4. The van der Waals surface area contributed by atoms with E-state index >= 15 is 0 Å². The van der Waals surface area contributed by atoms with Gasteiger partial charge in [-0.25, -0.2) is 0 Å². The van der Waals surface area contributed by atoms with Crippen molar-refractivity contribution < 1.29 is 24.2 Å². The summed E-state index contributed by atoms with van der Waals surface area (Å²) in [6.45, 7) is 16.9. The van der Waals surface area contributed by atoms with Crippen molar-refractivity contribution in [3.8, 4) is 0 Å². The standard InChI is InChI=1S/C59H117NO5/c1-8-13-18-27-38-49-57(61)60(52-41-42-53(6)7)54(43-32-28-23-25-30-39-50-58(62)64-55(45-34-19-14-9-2)46-35-20-15-10-3)44-33-29-24-26-31-40-51-59(63)65-56(47-36-21-16-11-4)48-37-22-17-12-5/h53-57,61H,8-52H2,1-7H3. The van der Waals surface area contributed by atoms with Crippen molar-refractivity contribution in [1.29, 1.82) is 0 Å². The molecule has 0 rings (SSSR count). The van der Waals surface area contributed by atoms with Gasteiger partial charge in [0.15, 0.2) is 0 Å². The molecule has 388 valence electrons. The molecular formula is C59H117NO5. The first kappa shape index (κ1) is 63.9. The van der Waals surface area contributed by atoms with Crippen LogP contribution < -0.4 is 0 Å². The van der Waals surface area contributed by atoms with E-state index in [9.17, 15) is 14.7 Å². The van der Waals surface area contributed by atoms with Crippen LogP contribution >= 0.6 is 0 Å².